The molecule has 1 N–H and O–H groups in total. The molecule has 110 valence electrons. The van der Waals surface area contributed by atoms with Gasteiger partial charge in [-0.25, -0.2) is 4.98 Å². The molecule has 0 fully saturated rings. The SMILES string of the molecule is OCCn1c(-c2ccc(Cl)cc2)cn2c3ccccc3nc12. The molecular weight excluding hydrogens is 298 g/mol. The second kappa shape index (κ2) is 5.16. The number of aliphatic hydroxyl groups is 1. The molecule has 2 aromatic carbocycles. The second-order valence-electron chi connectivity index (χ2n) is 5.17. The summed E-state index contributed by atoms with van der Waals surface area (Å²) in [7, 11) is 0. The largest absolute Gasteiger partial charge is 0.395 e. The molecule has 0 radical (unpaired) electrons. The number of aliphatic hydroxyl groups excluding tert-OH is 1. The van der Waals surface area contributed by atoms with Crippen LogP contribution in [0.4, 0.5) is 0 Å². The lowest BCUT2D eigenvalue weighted by atomic mass is 10.1. The smallest absolute Gasteiger partial charge is 0.215 e. The number of fused-ring (bicyclic) bond motifs is 3. The number of benzene rings is 2. The van der Waals surface area contributed by atoms with E-state index in [9.17, 15) is 5.11 Å². The molecule has 0 saturated carbocycles. The van der Waals surface area contributed by atoms with Gasteiger partial charge in [0.2, 0.25) is 5.78 Å². The van der Waals surface area contributed by atoms with Gasteiger partial charge in [-0.3, -0.25) is 4.40 Å². The Balaban J connectivity index is 2.01. The number of para-hydroxylation sites is 2. The van der Waals surface area contributed by atoms with Crippen molar-refractivity contribution in [2.24, 2.45) is 0 Å². The number of imidazole rings is 2. The van der Waals surface area contributed by atoms with Crippen LogP contribution in [0.5, 0.6) is 0 Å². The molecule has 0 spiro atoms. The standard InChI is InChI=1S/C17H14ClN3O/c18-13-7-5-12(6-8-13)16-11-21-15-4-2-1-3-14(15)19-17(21)20(16)9-10-22/h1-8,11,22H,9-10H2. The van der Waals surface area contributed by atoms with E-state index in [1.807, 2.05) is 53.1 Å². The van der Waals surface area contributed by atoms with Crippen molar-refractivity contribution in [2.75, 3.05) is 6.61 Å². The second-order valence-corrected chi connectivity index (χ2v) is 5.60. The van der Waals surface area contributed by atoms with Crippen LogP contribution in [0.1, 0.15) is 0 Å². The van der Waals surface area contributed by atoms with Crippen LogP contribution in [0.25, 0.3) is 28.1 Å². The van der Waals surface area contributed by atoms with E-state index in [1.54, 1.807) is 0 Å². The minimum atomic E-state index is 0.0636. The number of hydrogen-bond acceptors (Lipinski definition) is 2. The molecule has 5 heteroatoms. The Morgan fingerprint density at radius 3 is 2.59 bits per heavy atom. The van der Waals surface area contributed by atoms with Gasteiger partial charge in [0.15, 0.2) is 0 Å². The zero-order chi connectivity index (χ0) is 15.1. The van der Waals surface area contributed by atoms with Gasteiger partial charge in [-0.05, 0) is 29.8 Å². The van der Waals surface area contributed by atoms with E-state index in [0.29, 0.717) is 11.6 Å². The normalized spacial score (nSPS) is 11.5. The first-order valence-electron chi connectivity index (χ1n) is 7.11. The number of aromatic nitrogens is 3. The van der Waals surface area contributed by atoms with E-state index < -0.39 is 0 Å². The highest BCUT2D eigenvalue weighted by Crippen LogP contribution is 2.27. The molecule has 0 atom stereocenters. The van der Waals surface area contributed by atoms with Gasteiger partial charge in [0, 0.05) is 17.8 Å². The molecule has 2 heterocycles. The van der Waals surface area contributed by atoms with Crippen molar-refractivity contribution in [3.05, 3.63) is 59.8 Å². The van der Waals surface area contributed by atoms with Gasteiger partial charge in [-0.1, -0.05) is 35.9 Å². The van der Waals surface area contributed by atoms with Crippen LogP contribution in [0.2, 0.25) is 5.02 Å². The summed E-state index contributed by atoms with van der Waals surface area (Å²) in [6.45, 7) is 0.561. The Morgan fingerprint density at radius 2 is 1.82 bits per heavy atom. The molecule has 0 amide bonds. The molecule has 0 unspecified atom stereocenters. The van der Waals surface area contributed by atoms with Gasteiger partial charge < -0.3 is 9.67 Å². The molecule has 4 nitrogen and oxygen atoms in total. The lowest BCUT2D eigenvalue weighted by Crippen LogP contribution is -2.04. The summed E-state index contributed by atoms with van der Waals surface area (Å²) in [5.41, 5.74) is 4.07. The monoisotopic (exact) mass is 311 g/mol. The topological polar surface area (TPSA) is 42.5 Å². The van der Waals surface area contributed by atoms with Crippen molar-refractivity contribution >= 4 is 28.4 Å². The van der Waals surface area contributed by atoms with E-state index in [-0.39, 0.29) is 6.61 Å². The fourth-order valence-electron chi connectivity index (χ4n) is 2.82. The average molecular weight is 312 g/mol. The summed E-state index contributed by atoms with van der Waals surface area (Å²) < 4.78 is 4.10. The summed E-state index contributed by atoms with van der Waals surface area (Å²) in [5, 5.41) is 10.1. The highest BCUT2D eigenvalue weighted by molar-refractivity contribution is 6.30. The molecule has 0 aliphatic heterocycles. The summed E-state index contributed by atoms with van der Waals surface area (Å²) in [6, 6.07) is 15.7. The van der Waals surface area contributed by atoms with Crippen molar-refractivity contribution in [3.63, 3.8) is 0 Å². The van der Waals surface area contributed by atoms with Crippen molar-refractivity contribution in [2.45, 2.75) is 6.54 Å². The van der Waals surface area contributed by atoms with Crippen molar-refractivity contribution in [3.8, 4) is 11.3 Å². The maximum atomic E-state index is 9.41. The predicted octanol–water partition coefficient (Wildman–Crippen LogP) is 3.60. The average Bonchev–Trinajstić information content (AvgIpc) is 3.06. The van der Waals surface area contributed by atoms with E-state index in [2.05, 4.69) is 15.6 Å². The summed E-state index contributed by atoms with van der Waals surface area (Å²) in [6.07, 6.45) is 2.06. The highest BCUT2D eigenvalue weighted by Gasteiger charge is 2.14. The molecule has 4 rings (SSSR count). The van der Waals surface area contributed by atoms with Gasteiger partial charge in [-0.2, -0.15) is 0 Å². The number of halogens is 1. The Bertz CT molecular complexity index is 953. The third-order valence-corrected chi connectivity index (χ3v) is 4.08. The van der Waals surface area contributed by atoms with Gasteiger partial charge >= 0.3 is 0 Å². The van der Waals surface area contributed by atoms with Gasteiger partial charge in [0.1, 0.15) is 0 Å². The van der Waals surface area contributed by atoms with Crippen LogP contribution >= 0.6 is 11.6 Å². The fraction of sp³-hybridized carbons (Fsp3) is 0.118. The molecule has 0 aliphatic rings. The zero-order valence-electron chi connectivity index (χ0n) is 11.8. The van der Waals surface area contributed by atoms with Crippen LogP contribution in [0.3, 0.4) is 0 Å². The molecule has 0 saturated heterocycles. The number of hydrogen-bond donors (Lipinski definition) is 1. The highest BCUT2D eigenvalue weighted by atomic mass is 35.5. The van der Waals surface area contributed by atoms with Crippen LogP contribution in [0.15, 0.2) is 54.7 Å². The van der Waals surface area contributed by atoms with Gasteiger partial charge in [-0.15, -0.1) is 0 Å². The van der Waals surface area contributed by atoms with Gasteiger partial charge in [0.05, 0.1) is 23.3 Å². The van der Waals surface area contributed by atoms with Crippen molar-refractivity contribution in [1.29, 1.82) is 0 Å². The Kier molecular flexibility index (Phi) is 3.13. The predicted molar refractivity (Wildman–Crippen MR) is 88.2 cm³/mol. The minimum absolute atomic E-state index is 0.0636. The molecule has 0 aliphatic carbocycles. The van der Waals surface area contributed by atoms with Crippen LogP contribution < -0.4 is 0 Å². The number of nitrogens with zero attached hydrogens (tertiary/aromatic N) is 3. The van der Waals surface area contributed by atoms with Crippen molar-refractivity contribution < 1.29 is 5.11 Å². The van der Waals surface area contributed by atoms with E-state index in [1.165, 1.54) is 0 Å². The first-order chi connectivity index (χ1) is 10.8. The first-order valence-corrected chi connectivity index (χ1v) is 7.49. The summed E-state index contributed by atoms with van der Waals surface area (Å²) >= 11 is 5.97. The van der Waals surface area contributed by atoms with Crippen molar-refractivity contribution in [1.82, 2.24) is 14.0 Å². The van der Waals surface area contributed by atoms with E-state index in [0.717, 1.165) is 28.1 Å². The van der Waals surface area contributed by atoms with E-state index in [4.69, 9.17) is 11.6 Å². The third-order valence-electron chi connectivity index (χ3n) is 3.82. The van der Waals surface area contributed by atoms with Gasteiger partial charge in [0.25, 0.3) is 0 Å². The molecule has 2 aromatic heterocycles. The van der Waals surface area contributed by atoms with Crippen LogP contribution in [0, 0.1) is 0 Å². The maximum Gasteiger partial charge on any atom is 0.215 e. The Labute approximate surface area is 132 Å². The minimum Gasteiger partial charge on any atom is -0.395 e. The first kappa shape index (κ1) is 13.4. The van der Waals surface area contributed by atoms with Crippen LogP contribution in [-0.2, 0) is 6.54 Å². The third kappa shape index (κ3) is 2.00. The Hall–Kier alpha value is -2.30. The zero-order valence-corrected chi connectivity index (χ0v) is 12.5. The quantitative estimate of drug-likeness (QED) is 0.628. The summed E-state index contributed by atoms with van der Waals surface area (Å²) in [5.74, 6) is 0.834. The number of rotatable bonds is 3. The van der Waals surface area contributed by atoms with E-state index >= 15 is 0 Å². The Morgan fingerprint density at radius 1 is 1.05 bits per heavy atom. The summed E-state index contributed by atoms with van der Waals surface area (Å²) in [4.78, 5) is 4.69. The molecule has 0 bridgehead atoms. The van der Waals surface area contributed by atoms with Crippen LogP contribution in [-0.4, -0.2) is 25.7 Å². The molecular formula is C17H14ClN3O. The molecule has 4 aromatic rings. The lowest BCUT2D eigenvalue weighted by Gasteiger charge is -2.07. The lowest BCUT2D eigenvalue weighted by molar-refractivity contribution is 0.278. The maximum absolute atomic E-state index is 9.41. The fourth-order valence-corrected chi connectivity index (χ4v) is 2.95. The molecule has 22 heavy (non-hydrogen) atoms.